The van der Waals surface area contributed by atoms with Crippen LogP contribution in [0, 0.1) is 11.8 Å². The van der Waals surface area contributed by atoms with Crippen LogP contribution < -0.4 is 9.47 Å². The Balaban J connectivity index is 1.42. The Kier molecular flexibility index (Phi) is 13.9. The van der Waals surface area contributed by atoms with E-state index in [1.165, 1.54) is 6.42 Å². The number of para-hydroxylation sites is 2. The fourth-order valence-corrected chi connectivity index (χ4v) is 6.69. The molecule has 0 spiro atoms. The van der Waals surface area contributed by atoms with Crippen molar-refractivity contribution < 1.29 is 28.9 Å². The van der Waals surface area contributed by atoms with Crippen molar-refractivity contribution in [3.63, 3.8) is 0 Å². The summed E-state index contributed by atoms with van der Waals surface area (Å²) in [4.78, 5) is 39.8. The van der Waals surface area contributed by atoms with E-state index in [2.05, 4.69) is 23.5 Å². The number of hydrogen-bond donors (Lipinski definition) is 1. The van der Waals surface area contributed by atoms with E-state index >= 15 is 0 Å². The molecule has 0 radical (unpaired) electrons. The Morgan fingerprint density at radius 3 is 2.39 bits per heavy atom. The average Bonchev–Trinajstić information content (AvgIpc) is 3.14. The Bertz CT molecular complexity index is 1830. The third kappa shape index (κ3) is 10.6. The number of aromatic nitrogens is 2. The van der Waals surface area contributed by atoms with Crippen molar-refractivity contribution in [2.45, 2.75) is 78.1 Å². The molecule has 1 heterocycles. The van der Waals surface area contributed by atoms with Crippen molar-refractivity contribution >= 4 is 34.5 Å². The van der Waals surface area contributed by atoms with Gasteiger partial charge in [-0.3, -0.25) is 9.78 Å². The molecule has 1 saturated carbocycles. The summed E-state index contributed by atoms with van der Waals surface area (Å²) in [6, 6.07) is 17.9. The molecule has 0 saturated heterocycles. The van der Waals surface area contributed by atoms with Crippen LogP contribution in [0.2, 0.25) is 0 Å². The Morgan fingerprint density at radius 1 is 0.902 bits per heavy atom. The maximum absolute atomic E-state index is 13.3. The first-order chi connectivity index (χ1) is 24.9. The van der Waals surface area contributed by atoms with Crippen LogP contribution >= 0.6 is 0 Å². The number of fused-ring (bicyclic) bond motifs is 1. The Hall–Kier alpha value is -4.89. The molecule has 1 aromatic heterocycles. The number of benzene rings is 3. The van der Waals surface area contributed by atoms with Gasteiger partial charge in [-0.2, -0.15) is 0 Å². The summed E-state index contributed by atoms with van der Waals surface area (Å²) < 4.78 is 17.5. The summed E-state index contributed by atoms with van der Waals surface area (Å²) in [5.41, 5.74) is 3.85. The van der Waals surface area contributed by atoms with Crippen LogP contribution in [0.5, 0.6) is 11.5 Å². The Labute approximate surface area is 300 Å². The standard InChI is InChI=1S/C42H49N3O6/c1-4-12-30-15-17-31(18-16-30)42(48)51-33-20-21-34(36(27-33)29(3)44-40-28-43-38-13-8-9-14-39(38)45-40)37-26-32(19-22-35(37)41(46)47)50-25-11-7-6-10-24-49-23-5-2/h5,8-9,13-14,19-22,26-28,30-31H,2,4,6-7,10-12,15-18,23-25H2,1,3H3,(H,46,47)/b44-29+. The van der Waals surface area contributed by atoms with E-state index in [9.17, 15) is 14.7 Å². The van der Waals surface area contributed by atoms with Gasteiger partial charge in [0.15, 0.2) is 5.82 Å². The van der Waals surface area contributed by atoms with E-state index in [-0.39, 0.29) is 17.5 Å². The lowest BCUT2D eigenvalue weighted by Gasteiger charge is -2.27. The van der Waals surface area contributed by atoms with Crippen LogP contribution in [0.25, 0.3) is 22.2 Å². The lowest BCUT2D eigenvalue weighted by molar-refractivity contribution is -0.140. The second kappa shape index (κ2) is 18.9. The van der Waals surface area contributed by atoms with Gasteiger partial charge < -0.3 is 19.3 Å². The minimum Gasteiger partial charge on any atom is -0.494 e. The molecule has 0 atom stereocenters. The zero-order valence-electron chi connectivity index (χ0n) is 29.8. The molecule has 9 nitrogen and oxygen atoms in total. The molecule has 1 aliphatic rings. The molecular formula is C42H49N3O6. The molecule has 51 heavy (non-hydrogen) atoms. The van der Waals surface area contributed by atoms with Gasteiger partial charge in [0, 0.05) is 23.4 Å². The Morgan fingerprint density at radius 2 is 1.65 bits per heavy atom. The summed E-state index contributed by atoms with van der Waals surface area (Å²) in [5.74, 6) is 0.605. The highest BCUT2D eigenvalue weighted by Crippen LogP contribution is 2.36. The summed E-state index contributed by atoms with van der Waals surface area (Å²) in [5, 5.41) is 10.2. The number of carbonyl (C=O) groups is 2. The lowest BCUT2D eigenvalue weighted by atomic mass is 9.80. The largest absolute Gasteiger partial charge is 0.494 e. The zero-order valence-corrected chi connectivity index (χ0v) is 29.8. The first-order valence-electron chi connectivity index (χ1n) is 18.2. The number of aromatic carboxylic acids is 1. The van der Waals surface area contributed by atoms with Gasteiger partial charge in [-0.25, -0.2) is 14.8 Å². The third-order valence-electron chi connectivity index (χ3n) is 9.39. The average molecular weight is 692 g/mol. The number of carboxylic acids is 1. The zero-order chi connectivity index (χ0) is 36.0. The summed E-state index contributed by atoms with van der Waals surface area (Å²) >= 11 is 0. The van der Waals surface area contributed by atoms with E-state index in [4.69, 9.17) is 19.2 Å². The monoisotopic (exact) mass is 691 g/mol. The molecule has 5 rings (SSSR count). The molecule has 9 heteroatoms. The van der Waals surface area contributed by atoms with Crippen LogP contribution in [0.15, 0.2) is 84.5 Å². The predicted octanol–water partition coefficient (Wildman–Crippen LogP) is 9.79. The fourth-order valence-electron chi connectivity index (χ4n) is 6.69. The number of rotatable bonds is 18. The first kappa shape index (κ1) is 37.4. The van der Waals surface area contributed by atoms with Gasteiger partial charge in [0.2, 0.25) is 0 Å². The van der Waals surface area contributed by atoms with Gasteiger partial charge in [0.1, 0.15) is 11.5 Å². The molecule has 3 aromatic carbocycles. The molecule has 0 amide bonds. The van der Waals surface area contributed by atoms with Crippen molar-refractivity contribution in [1.82, 2.24) is 9.97 Å². The molecule has 1 aliphatic carbocycles. The van der Waals surface area contributed by atoms with Crippen LogP contribution in [0.3, 0.4) is 0 Å². The minimum atomic E-state index is -1.06. The molecular weight excluding hydrogens is 642 g/mol. The number of unbranched alkanes of at least 4 members (excludes halogenated alkanes) is 3. The van der Waals surface area contributed by atoms with Gasteiger partial charge in [-0.1, -0.05) is 44.4 Å². The van der Waals surface area contributed by atoms with Crippen molar-refractivity contribution in [2.75, 3.05) is 19.8 Å². The van der Waals surface area contributed by atoms with Crippen LogP contribution in [0.1, 0.15) is 94.0 Å². The summed E-state index contributed by atoms with van der Waals surface area (Å²) in [7, 11) is 0. The molecule has 0 unspecified atom stereocenters. The van der Waals surface area contributed by atoms with E-state index in [0.29, 0.717) is 71.0 Å². The number of ether oxygens (including phenoxy) is 3. The smallest absolute Gasteiger partial charge is 0.336 e. The summed E-state index contributed by atoms with van der Waals surface area (Å²) in [6.07, 6.45) is 13.3. The second-order valence-corrected chi connectivity index (χ2v) is 13.2. The number of carboxylic acid groups (broad SMARTS) is 1. The van der Waals surface area contributed by atoms with Gasteiger partial charge >= 0.3 is 11.9 Å². The second-order valence-electron chi connectivity index (χ2n) is 13.2. The molecule has 4 aromatic rings. The van der Waals surface area contributed by atoms with Crippen molar-refractivity contribution in [3.05, 3.63) is 90.6 Å². The maximum Gasteiger partial charge on any atom is 0.336 e. The van der Waals surface area contributed by atoms with Crippen LogP contribution in [-0.4, -0.2) is 52.5 Å². The highest BCUT2D eigenvalue weighted by Gasteiger charge is 2.28. The third-order valence-corrected chi connectivity index (χ3v) is 9.39. The fraction of sp³-hybridized carbons (Fsp3) is 0.405. The number of carbonyl (C=O) groups excluding carboxylic acids is 1. The molecule has 1 N–H and O–H groups in total. The predicted molar refractivity (Wildman–Crippen MR) is 201 cm³/mol. The van der Waals surface area contributed by atoms with E-state index < -0.39 is 5.97 Å². The number of nitrogens with zero attached hydrogens (tertiary/aromatic N) is 3. The quantitative estimate of drug-likeness (QED) is 0.0360. The van der Waals surface area contributed by atoms with Gasteiger partial charge in [0.25, 0.3) is 0 Å². The van der Waals surface area contributed by atoms with Gasteiger partial charge in [-0.15, -0.1) is 6.58 Å². The number of aliphatic imine (C=N–C) groups is 1. The van der Waals surface area contributed by atoms with E-state index in [1.807, 2.05) is 31.2 Å². The van der Waals surface area contributed by atoms with Crippen molar-refractivity contribution in [2.24, 2.45) is 16.8 Å². The highest BCUT2D eigenvalue weighted by atomic mass is 16.5. The molecule has 0 bridgehead atoms. The molecule has 1 fully saturated rings. The minimum absolute atomic E-state index is 0.120. The first-order valence-corrected chi connectivity index (χ1v) is 18.2. The number of esters is 1. The normalized spacial score (nSPS) is 16.2. The van der Waals surface area contributed by atoms with E-state index in [1.54, 1.807) is 48.7 Å². The lowest BCUT2D eigenvalue weighted by Crippen LogP contribution is -2.25. The highest BCUT2D eigenvalue weighted by molar-refractivity contribution is 6.08. The molecule has 0 aliphatic heterocycles. The van der Waals surface area contributed by atoms with Crippen LogP contribution in [-0.2, 0) is 9.53 Å². The van der Waals surface area contributed by atoms with Crippen molar-refractivity contribution in [3.8, 4) is 22.6 Å². The van der Waals surface area contributed by atoms with Crippen LogP contribution in [0.4, 0.5) is 5.82 Å². The topological polar surface area (TPSA) is 120 Å². The van der Waals surface area contributed by atoms with E-state index in [0.717, 1.165) is 63.3 Å². The number of hydrogen-bond acceptors (Lipinski definition) is 8. The summed E-state index contributed by atoms with van der Waals surface area (Å²) in [6.45, 7) is 9.48. The SMILES string of the molecule is C=CCOCCCCCCOc1ccc(C(=O)O)c(-c2ccc(OC(=O)C3CCC(CCC)CC3)cc2/C(C)=N/c2cnc3ccccc3n2)c1. The van der Waals surface area contributed by atoms with Gasteiger partial charge in [0.05, 0.1) is 41.9 Å². The van der Waals surface area contributed by atoms with Crippen molar-refractivity contribution in [1.29, 1.82) is 0 Å². The molecule has 268 valence electrons. The van der Waals surface area contributed by atoms with Gasteiger partial charge in [-0.05, 0) is 112 Å². The maximum atomic E-state index is 13.3.